The zero-order valence-corrected chi connectivity index (χ0v) is 22.1. The van der Waals surface area contributed by atoms with Gasteiger partial charge in [-0.25, -0.2) is 9.50 Å². The normalized spacial score (nSPS) is 15.3. The Kier molecular flexibility index (Phi) is 6.23. The van der Waals surface area contributed by atoms with Crippen LogP contribution in [0.3, 0.4) is 0 Å². The van der Waals surface area contributed by atoms with Crippen LogP contribution in [-0.2, 0) is 17.3 Å². The maximum absolute atomic E-state index is 12.7. The number of piperazine rings is 1. The van der Waals surface area contributed by atoms with Crippen LogP contribution in [0.25, 0.3) is 27.8 Å². The van der Waals surface area contributed by atoms with Crippen LogP contribution in [0, 0.1) is 11.3 Å². The maximum atomic E-state index is 12.7. The second kappa shape index (κ2) is 9.26. The Labute approximate surface area is 216 Å². The molecule has 192 valence electrons. The van der Waals surface area contributed by atoms with Crippen molar-refractivity contribution in [2.24, 2.45) is 7.05 Å². The zero-order valence-electron chi connectivity index (χ0n) is 21.2. The van der Waals surface area contributed by atoms with E-state index in [9.17, 15) is 13.7 Å². The Morgan fingerprint density at radius 1 is 0.973 bits per heavy atom. The van der Waals surface area contributed by atoms with Crippen LogP contribution in [0.5, 0.6) is 0 Å². The van der Waals surface area contributed by atoms with E-state index in [1.54, 1.807) is 27.8 Å². The first-order valence-electron chi connectivity index (χ1n) is 11.9. The number of nitrogens with one attached hydrogen (secondary N) is 1. The molecule has 1 fully saturated rings. The molecule has 0 amide bonds. The summed E-state index contributed by atoms with van der Waals surface area (Å²) in [6, 6.07) is 8.16. The second-order valence-corrected chi connectivity index (χ2v) is 11.8. The molecule has 5 heterocycles. The molecule has 12 heteroatoms. The largest absolute Gasteiger partial charge is 0.354 e. The van der Waals surface area contributed by atoms with Crippen molar-refractivity contribution >= 4 is 21.5 Å². The van der Waals surface area contributed by atoms with Crippen molar-refractivity contribution in [3.8, 4) is 28.3 Å². The molecule has 11 nitrogen and oxygen atoms in total. The first-order valence-corrected chi connectivity index (χ1v) is 13.4. The highest BCUT2D eigenvalue weighted by Gasteiger charge is 2.30. The van der Waals surface area contributed by atoms with E-state index in [1.165, 1.54) is 4.31 Å². The van der Waals surface area contributed by atoms with E-state index >= 15 is 0 Å². The molecule has 1 saturated heterocycles. The summed E-state index contributed by atoms with van der Waals surface area (Å²) in [6.45, 7) is 7.33. The Morgan fingerprint density at radius 3 is 2.32 bits per heavy atom. The standard InChI is InChI=1S/C25H29N9O2S/c1-25(2,3)30-37(35,36)33-9-7-32(8-10-33)23-6-5-18(13-27-23)22-11-19(21-15-28-31(4)16-21)17-34-24(22)20(12-26)14-29-34/h5-6,11,13-17,30H,7-10H2,1-4H3. The highest BCUT2D eigenvalue weighted by atomic mass is 32.2. The molecule has 0 radical (unpaired) electrons. The lowest BCUT2D eigenvalue weighted by Gasteiger charge is -2.36. The number of hydrogen-bond acceptors (Lipinski definition) is 7. The number of fused-ring (bicyclic) bond motifs is 1. The highest BCUT2D eigenvalue weighted by Crippen LogP contribution is 2.32. The number of rotatable bonds is 5. The molecule has 1 N–H and O–H groups in total. The first kappa shape index (κ1) is 24.9. The van der Waals surface area contributed by atoms with E-state index in [1.807, 2.05) is 58.4 Å². The van der Waals surface area contributed by atoms with E-state index in [2.05, 4.69) is 25.9 Å². The van der Waals surface area contributed by atoms with Gasteiger partial charge in [-0.3, -0.25) is 4.68 Å². The molecule has 5 rings (SSSR count). The lowest BCUT2D eigenvalue weighted by Crippen LogP contribution is -2.55. The third kappa shape index (κ3) is 5.06. The Balaban J connectivity index is 1.41. The predicted octanol–water partition coefficient (Wildman–Crippen LogP) is 2.42. The molecule has 1 aliphatic heterocycles. The minimum atomic E-state index is -3.54. The maximum Gasteiger partial charge on any atom is 0.280 e. The van der Waals surface area contributed by atoms with Crippen molar-refractivity contribution in [2.45, 2.75) is 26.3 Å². The van der Waals surface area contributed by atoms with Crippen molar-refractivity contribution in [3.63, 3.8) is 0 Å². The van der Waals surface area contributed by atoms with Gasteiger partial charge in [-0.2, -0.15) is 32.9 Å². The number of aromatic nitrogens is 5. The van der Waals surface area contributed by atoms with Gasteiger partial charge in [-0.1, -0.05) is 0 Å². The van der Waals surface area contributed by atoms with Crippen LogP contribution in [-0.4, -0.2) is 68.8 Å². The summed E-state index contributed by atoms with van der Waals surface area (Å²) in [5.41, 5.74) is 4.23. The average molecular weight is 520 g/mol. The van der Waals surface area contributed by atoms with E-state index in [0.717, 1.165) is 33.6 Å². The summed E-state index contributed by atoms with van der Waals surface area (Å²) in [4.78, 5) is 6.77. The van der Waals surface area contributed by atoms with Crippen molar-refractivity contribution in [1.29, 1.82) is 5.26 Å². The van der Waals surface area contributed by atoms with Gasteiger partial charge in [0.05, 0.1) is 23.5 Å². The second-order valence-electron chi connectivity index (χ2n) is 10.2. The van der Waals surface area contributed by atoms with Crippen LogP contribution >= 0.6 is 0 Å². The van der Waals surface area contributed by atoms with Crippen LogP contribution in [0.15, 0.2) is 49.2 Å². The summed E-state index contributed by atoms with van der Waals surface area (Å²) in [5.74, 6) is 0.776. The average Bonchev–Trinajstić information content (AvgIpc) is 3.48. The molecule has 0 atom stereocenters. The molecule has 0 aliphatic carbocycles. The quantitative estimate of drug-likeness (QED) is 0.429. The third-order valence-corrected chi connectivity index (χ3v) is 8.08. The monoisotopic (exact) mass is 519 g/mol. The van der Waals surface area contributed by atoms with E-state index in [4.69, 9.17) is 4.98 Å². The number of pyridine rings is 2. The summed E-state index contributed by atoms with van der Waals surface area (Å²) < 4.78 is 33.0. The minimum Gasteiger partial charge on any atom is -0.354 e. The summed E-state index contributed by atoms with van der Waals surface area (Å²) in [6.07, 6.45) is 8.96. The van der Waals surface area contributed by atoms with Gasteiger partial charge < -0.3 is 4.90 Å². The van der Waals surface area contributed by atoms with Gasteiger partial charge in [0.2, 0.25) is 0 Å². The van der Waals surface area contributed by atoms with E-state index < -0.39 is 15.7 Å². The van der Waals surface area contributed by atoms with Gasteiger partial charge in [0.15, 0.2) is 0 Å². The van der Waals surface area contributed by atoms with Crippen molar-refractivity contribution in [1.82, 2.24) is 33.4 Å². The van der Waals surface area contributed by atoms with Crippen LogP contribution in [0.4, 0.5) is 5.82 Å². The molecule has 0 spiro atoms. The van der Waals surface area contributed by atoms with Gasteiger partial charge in [-0.05, 0) is 39.0 Å². The summed E-state index contributed by atoms with van der Waals surface area (Å²) in [5, 5.41) is 18.3. The minimum absolute atomic E-state index is 0.379. The van der Waals surface area contributed by atoms with Crippen molar-refractivity contribution in [3.05, 3.63) is 54.7 Å². The van der Waals surface area contributed by atoms with Crippen LogP contribution in [0.1, 0.15) is 26.3 Å². The van der Waals surface area contributed by atoms with Crippen LogP contribution in [0.2, 0.25) is 0 Å². The van der Waals surface area contributed by atoms with Gasteiger partial charge in [0.1, 0.15) is 11.9 Å². The molecule has 0 aromatic carbocycles. The molecular formula is C25H29N9O2S. The molecule has 0 bridgehead atoms. The fraction of sp³-hybridized carbons (Fsp3) is 0.360. The molecule has 4 aromatic rings. The highest BCUT2D eigenvalue weighted by molar-refractivity contribution is 7.87. The van der Waals surface area contributed by atoms with Crippen LogP contribution < -0.4 is 9.62 Å². The number of hydrogen-bond donors (Lipinski definition) is 1. The molecule has 37 heavy (non-hydrogen) atoms. The number of aryl methyl sites for hydroxylation is 1. The number of nitriles is 1. The third-order valence-electron chi connectivity index (χ3n) is 6.17. The van der Waals surface area contributed by atoms with Crippen molar-refractivity contribution < 1.29 is 8.42 Å². The molecule has 0 unspecified atom stereocenters. The van der Waals surface area contributed by atoms with Gasteiger partial charge in [0.25, 0.3) is 10.2 Å². The Bertz CT molecular complexity index is 1580. The number of anilines is 1. The van der Waals surface area contributed by atoms with Crippen molar-refractivity contribution in [2.75, 3.05) is 31.1 Å². The van der Waals surface area contributed by atoms with Gasteiger partial charge in [-0.15, -0.1) is 0 Å². The molecule has 4 aromatic heterocycles. The molecule has 0 saturated carbocycles. The first-order chi connectivity index (χ1) is 17.5. The molecule has 1 aliphatic rings. The Hall–Kier alpha value is -3.79. The smallest absolute Gasteiger partial charge is 0.280 e. The van der Waals surface area contributed by atoms with Gasteiger partial charge in [0, 0.05) is 79.6 Å². The van der Waals surface area contributed by atoms with E-state index in [-0.39, 0.29) is 0 Å². The lowest BCUT2D eigenvalue weighted by atomic mass is 10.0. The molecular weight excluding hydrogens is 490 g/mol. The lowest BCUT2D eigenvalue weighted by molar-refractivity contribution is 0.364. The fourth-order valence-corrected chi connectivity index (χ4v) is 6.04. The zero-order chi connectivity index (χ0) is 26.4. The summed E-state index contributed by atoms with van der Waals surface area (Å²) in [7, 11) is -1.68. The van der Waals surface area contributed by atoms with Gasteiger partial charge >= 0.3 is 0 Å². The predicted molar refractivity (Wildman–Crippen MR) is 141 cm³/mol. The van der Waals surface area contributed by atoms with E-state index in [0.29, 0.717) is 31.7 Å². The Morgan fingerprint density at radius 2 is 1.73 bits per heavy atom. The number of nitrogens with zero attached hydrogens (tertiary/aromatic N) is 8. The SMILES string of the molecule is Cn1cc(-c2cc(-c3ccc(N4CCN(S(=O)(=O)NC(C)(C)C)CC4)nc3)c3c(C#N)cnn3c2)cn1. The summed E-state index contributed by atoms with van der Waals surface area (Å²) >= 11 is 0. The topological polar surface area (TPSA) is 124 Å². The fourth-order valence-electron chi connectivity index (χ4n) is 4.49.